The van der Waals surface area contributed by atoms with Crippen molar-refractivity contribution in [1.29, 1.82) is 0 Å². The van der Waals surface area contributed by atoms with Crippen LogP contribution < -0.4 is 16.8 Å². The predicted molar refractivity (Wildman–Crippen MR) is 61.5 cm³/mol. The van der Waals surface area contributed by atoms with E-state index < -0.39 is 5.60 Å². The lowest BCUT2D eigenvalue weighted by atomic mass is 10.1. The minimum Gasteiger partial charge on any atom is -0.397 e. The Kier molecular flexibility index (Phi) is 3.39. The van der Waals surface area contributed by atoms with E-state index in [0.717, 1.165) is 5.69 Å². The first kappa shape index (κ1) is 11.6. The number of nitrogens with two attached hydrogens (primary N) is 2. The molecule has 7 N–H and O–H groups in total. The zero-order valence-electron chi connectivity index (χ0n) is 8.70. The Balaban J connectivity index is 2.62. The van der Waals surface area contributed by atoms with Crippen molar-refractivity contribution < 1.29 is 10.2 Å². The average Bonchev–Trinajstić information content (AvgIpc) is 2.20. The fraction of sp³-hybridized carbons (Fsp3) is 0.400. The third kappa shape index (κ3) is 3.30. The molecule has 0 aromatic heterocycles. The van der Waals surface area contributed by atoms with Crippen LogP contribution in [-0.4, -0.2) is 29.0 Å². The van der Waals surface area contributed by atoms with Gasteiger partial charge in [0.25, 0.3) is 0 Å². The normalized spacial score (nSPS) is 14.6. The van der Waals surface area contributed by atoms with E-state index in [-0.39, 0.29) is 13.2 Å². The van der Waals surface area contributed by atoms with Crippen LogP contribution in [0.3, 0.4) is 0 Å². The summed E-state index contributed by atoms with van der Waals surface area (Å²) in [5.41, 5.74) is 11.8. The molecule has 1 aromatic rings. The highest BCUT2D eigenvalue weighted by Gasteiger charge is 2.18. The number of nitrogen functional groups attached to an aromatic ring is 2. The first-order chi connectivity index (χ1) is 6.94. The standard InChI is InChI=1S/C10H17N3O2/c1-10(15,6-14)5-13-7-2-3-8(11)9(12)4-7/h2-4,13-15H,5-6,11-12H2,1H3. The molecule has 0 heterocycles. The zero-order chi connectivity index (χ0) is 11.5. The van der Waals surface area contributed by atoms with Crippen molar-refractivity contribution in [2.75, 3.05) is 29.9 Å². The van der Waals surface area contributed by atoms with E-state index in [0.29, 0.717) is 11.4 Å². The number of nitrogens with one attached hydrogen (secondary N) is 1. The van der Waals surface area contributed by atoms with Crippen molar-refractivity contribution in [1.82, 2.24) is 0 Å². The number of anilines is 3. The number of aliphatic hydroxyl groups is 2. The highest BCUT2D eigenvalue weighted by molar-refractivity contribution is 5.69. The summed E-state index contributed by atoms with van der Waals surface area (Å²) in [6, 6.07) is 5.13. The Morgan fingerprint density at radius 1 is 1.33 bits per heavy atom. The molecule has 1 atom stereocenters. The van der Waals surface area contributed by atoms with Gasteiger partial charge in [0.2, 0.25) is 0 Å². The molecule has 0 fully saturated rings. The van der Waals surface area contributed by atoms with E-state index in [1.54, 1.807) is 25.1 Å². The van der Waals surface area contributed by atoms with Crippen LogP contribution in [0.5, 0.6) is 0 Å². The Hall–Kier alpha value is -1.46. The topological polar surface area (TPSA) is 105 Å². The zero-order valence-corrected chi connectivity index (χ0v) is 8.70. The van der Waals surface area contributed by atoms with Crippen molar-refractivity contribution in [2.45, 2.75) is 12.5 Å². The van der Waals surface area contributed by atoms with Crippen LogP contribution in [0.4, 0.5) is 17.1 Å². The van der Waals surface area contributed by atoms with E-state index in [4.69, 9.17) is 16.6 Å². The van der Waals surface area contributed by atoms with E-state index in [2.05, 4.69) is 5.32 Å². The quantitative estimate of drug-likeness (QED) is 0.451. The summed E-state index contributed by atoms with van der Waals surface area (Å²) < 4.78 is 0. The molecule has 5 heteroatoms. The summed E-state index contributed by atoms with van der Waals surface area (Å²) in [4.78, 5) is 0. The molecule has 1 unspecified atom stereocenters. The number of hydrogen-bond acceptors (Lipinski definition) is 5. The third-order valence-corrected chi connectivity index (χ3v) is 2.10. The predicted octanol–water partition coefficient (Wildman–Crippen LogP) is 0.00620. The Morgan fingerprint density at radius 3 is 2.53 bits per heavy atom. The molecule has 0 radical (unpaired) electrons. The molecule has 0 amide bonds. The van der Waals surface area contributed by atoms with Gasteiger partial charge in [0, 0.05) is 12.2 Å². The van der Waals surface area contributed by atoms with Crippen molar-refractivity contribution in [3.8, 4) is 0 Å². The largest absolute Gasteiger partial charge is 0.397 e. The monoisotopic (exact) mass is 211 g/mol. The lowest BCUT2D eigenvalue weighted by Gasteiger charge is -2.21. The molecule has 0 saturated carbocycles. The van der Waals surface area contributed by atoms with Gasteiger partial charge in [-0.05, 0) is 25.1 Å². The van der Waals surface area contributed by atoms with Gasteiger partial charge in [-0.3, -0.25) is 0 Å². The van der Waals surface area contributed by atoms with Crippen LogP contribution in [0.25, 0.3) is 0 Å². The van der Waals surface area contributed by atoms with Gasteiger partial charge in [-0.2, -0.15) is 0 Å². The van der Waals surface area contributed by atoms with E-state index >= 15 is 0 Å². The minimum atomic E-state index is -1.14. The lowest BCUT2D eigenvalue weighted by molar-refractivity contribution is 0.0132. The Labute approximate surface area is 88.7 Å². The molecular weight excluding hydrogens is 194 g/mol. The molecule has 15 heavy (non-hydrogen) atoms. The number of aliphatic hydroxyl groups excluding tert-OH is 1. The summed E-state index contributed by atoms with van der Waals surface area (Å²) in [5, 5.41) is 21.3. The molecule has 0 saturated heterocycles. The minimum absolute atomic E-state index is 0.243. The molecule has 0 bridgehead atoms. The number of hydrogen-bond donors (Lipinski definition) is 5. The Bertz CT molecular complexity index is 339. The highest BCUT2D eigenvalue weighted by Crippen LogP contribution is 2.19. The highest BCUT2D eigenvalue weighted by atomic mass is 16.3. The van der Waals surface area contributed by atoms with Gasteiger partial charge in [-0.1, -0.05) is 0 Å². The van der Waals surface area contributed by atoms with Gasteiger partial charge in [0.05, 0.1) is 18.0 Å². The van der Waals surface area contributed by atoms with Gasteiger partial charge in [0.15, 0.2) is 0 Å². The van der Waals surface area contributed by atoms with Gasteiger partial charge >= 0.3 is 0 Å². The van der Waals surface area contributed by atoms with E-state index in [1.165, 1.54) is 0 Å². The average molecular weight is 211 g/mol. The number of benzene rings is 1. The maximum atomic E-state index is 9.54. The SMILES string of the molecule is CC(O)(CO)CNc1ccc(N)c(N)c1. The van der Waals surface area contributed by atoms with Gasteiger partial charge < -0.3 is 27.0 Å². The lowest BCUT2D eigenvalue weighted by Crippen LogP contribution is -2.37. The van der Waals surface area contributed by atoms with E-state index in [9.17, 15) is 5.11 Å². The van der Waals surface area contributed by atoms with Gasteiger partial charge in [-0.25, -0.2) is 0 Å². The first-order valence-corrected chi connectivity index (χ1v) is 4.67. The van der Waals surface area contributed by atoms with Crippen molar-refractivity contribution in [2.24, 2.45) is 0 Å². The molecule has 1 aromatic carbocycles. The smallest absolute Gasteiger partial charge is 0.102 e. The fourth-order valence-corrected chi connectivity index (χ4v) is 1.03. The fourth-order valence-electron chi connectivity index (χ4n) is 1.03. The summed E-state index contributed by atoms with van der Waals surface area (Å²) in [7, 11) is 0. The van der Waals surface area contributed by atoms with E-state index in [1.807, 2.05) is 0 Å². The molecular formula is C10H17N3O2. The van der Waals surface area contributed by atoms with Crippen LogP contribution in [0.15, 0.2) is 18.2 Å². The van der Waals surface area contributed by atoms with Crippen molar-refractivity contribution in [3.05, 3.63) is 18.2 Å². The van der Waals surface area contributed by atoms with Crippen LogP contribution in [0.1, 0.15) is 6.92 Å². The molecule has 0 spiro atoms. The molecule has 84 valence electrons. The second-order valence-corrected chi connectivity index (χ2v) is 3.85. The van der Waals surface area contributed by atoms with Crippen molar-refractivity contribution in [3.63, 3.8) is 0 Å². The van der Waals surface area contributed by atoms with Crippen LogP contribution in [-0.2, 0) is 0 Å². The second kappa shape index (κ2) is 4.37. The summed E-state index contributed by atoms with van der Waals surface area (Å²) in [6.07, 6.45) is 0. The Morgan fingerprint density at radius 2 is 2.00 bits per heavy atom. The summed E-state index contributed by atoms with van der Waals surface area (Å²) >= 11 is 0. The van der Waals surface area contributed by atoms with Crippen LogP contribution in [0.2, 0.25) is 0 Å². The second-order valence-electron chi connectivity index (χ2n) is 3.85. The molecule has 0 aliphatic heterocycles. The number of rotatable bonds is 4. The van der Waals surface area contributed by atoms with Crippen molar-refractivity contribution >= 4 is 17.1 Å². The van der Waals surface area contributed by atoms with Crippen LogP contribution >= 0.6 is 0 Å². The third-order valence-electron chi connectivity index (χ3n) is 2.10. The van der Waals surface area contributed by atoms with Gasteiger partial charge in [0.1, 0.15) is 5.60 Å². The molecule has 5 nitrogen and oxygen atoms in total. The van der Waals surface area contributed by atoms with Crippen LogP contribution in [0, 0.1) is 0 Å². The maximum Gasteiger partial charge on any atom is 0.102 e. The molecule has 0 aliphatic carbocycles. The first-order valence-electron chi connectivity index (χ1n) is 4.67. The molecule has 0 aliphatic rings. The molecule has 1 rings (SSSR count). The summed E-state index contributed by atoms with van der Waals surface area (Å²) in [6.45, 7) is 1.48. The van der Waals surface area contributed by atoms with Gasteiger partial charge in [-0.15, -0.1) is 0 Å². The summed E-state index contributed by atoms with van der Waals surface area (Å²) in [5.74, 6) is 0. The maximum absolute atomic E-state index is 9.54.